The first-order valence-electron chi connectivity index (χ1n) is 6.34. The van der Waals surface area contributed by atoms with Gasteiger partial charge in [-0.3, -0.25) is 0 Å². The lowest BCUT2D eigenvalue weighted by molar-refractivity contribution is 0.671. The van der Waals surface area contributed by atoms with Crippen LogP contribution in [0.3, 0.4) is 0 Å². The Bertz CT molecular complexity index is 611. The summed E-state index contributed by atoms with van der Waals surface area (Å²) in [4.78, 5) is 4.51. The van der Waals surface area contributed by atoms with Gasteiger partial charge in [-0.25, -0.2) is 4.99 Å². The molecule has 0 saturated heterocycles. The molecule has 0 radical (unpaired) electrons. The molecule has 0 atom stereocenters. The van der Waals surface area contributed by atoms with Crippen molar-refractivity contribution in [2.75, 3.05) is 6.26 Å². The van der Waals surface area contributed by atoms with E-state index >= 15 is 0 Å². The number of thioether (sulfide) groups is 1. The molecule has 2 aromatic rings. The summed E-state index contributed by atoms with van der Waals surface area (Å²) in [6.45, 7) is 0. The Morgan fingerprint density at radius 3 is 1.90 bits per heavy atom. The van der Waals surface area contributed by atoms with Crippen LogP contribution in [0.15, 0.2) is 65.7 Å². The highest BCUT2D eigenvalue weighted by Crippen LogP contribution is 2.37. The fraction of sp³-hybridized carbons (Fsp3) is 0.125. The summed E-state index contributed by atoms with van der Waals surface area (Å²) >= 11 is 6.93. The molecule has 20 heavy (non-hydrogen) atoms. The fourth-order valence-corrected chi connectivity index (χ4v) is 3.63. The van der Waals surface area contributed by atoms with Crippen molar-refractivity contribution in [3.8, 4) is 0 Å². The summed E-state index contributed by atoms with van der Waals surface area (Å²) in [5.74, 6) is 0. The van der Waals surface area contributed by atoms with Gasteiger partial charge in [0, 0.05) is 0 Å². The third kappa shape index (κ3) is 2.05. The SMILES string of the molecule is CSC1=NC(=S)NC1(c1ccccc1)c1ccccc1. The van der Waals surface area contributed by atoms with E-state index in [2.05, 4.69) is 34.6 Å². The van der Waals surface area contributed by atoms with Crippen molar-refractivity contribution in [1.82, 2.24) is 5.32 Å². The second-order valence-corrected chi connectivity index (χ2v) is 5.71. The van der Waals surface area contributed by atoms with Gasteiger partial charge >= 0.3 is 0 Å². The van der Waals surface area contributed by atoms with Gasteiger partial charge in [-0.05, 0) is 29.6 Å². The number of thiocarbonyl (C=S) groups is 1. The molecule has 0 fully saturated rings. The van der Waals surface area contributed by atoms with Gasteiger partial charge in [0.1, 0.15) is 10.6 Å². The van der Waals surface area contributed by atoms with E-state index < -0.39 is 5.54 Å². The van der Waals surface area contributed by atoms with Gasteiger partial charge in [-0.15, -0.1) is 11.8 Å². The molecule has 0 unspecified atom stereocenters. The Hall–Kier alpha value is -1.65. The Morgan fingerprint density at radius 1 is 0.950 bits per heavy atom. The summed E-state index contributed by atoms with van der Waals surface area (Å²) in [5.41, 5.74) is 1.84. The van der Waals surface area contributed by atoms with Gasteiger partial charge in [-0.2, -0.15) is 0 Å². The van der Waals surface area contributed by atoms with Gasteiger partial charge in [0.15, 0.2) is 5.11 Å². The molecular formula is C16H14N2S2. The quantitative estimate of drug-likeness (QED) is 0.858. The first-order valence-corrected chi connectivity index (χ1v) is 7.97. The largest absolute Gasteiger partial charge is 0.342 e. The van der Waals surface area contributed by atoms with Crippen LogP contribution >= 0.6 is 24.0 Å². The maximum atomic E-state index is 5.30. The molecule has 0 amide bonds. The number of rotatable bonds is 2. The molecule has 2 nitrogen and oxygen atoms in total. The molecule has 1 aliphatic rings. The summed E-state index contributed by atoms with van der Waals surface area (Å²) in [6.07, 6.45) is 2.04. The Labute approximate surface area is 128 Å². The fourth-order valence-electron chi connectivity index (χ4n) is 2.55. The maximum Gasteiger partial charge on any atom is 0.194 e. The summed E-state index contributed by atoms with van der Waals surface area (Å²) in [7, 11) is 0. The zero-order valence-corrected chi connectivity index (χ0v) is 12.7. The van der Waals surface area contributed by atoms with Crippen LogP contribution in [0.25, 0.3) is 0 Å². The Morgan fingerprint density at radius 2 is 1.45 bits per heavy atom. The van der Waals surface area contributed by atoms with Crippen LogP contribution in [0.5, 0.6) is 0 Å². The molecule has 0 spiro atoms. The van der Waals surface area contributed by atoms with E-state index in [0.29, 0.717) is 5.11 Å². The van der Waals surface area contributed by atoms with Crippen LogP contribution in [-0.2, 0) is 5.54 Å². The molecule has 0 aromatic heterocycles. The van der Waals surface area contributed by atoms with Gasteiger partial charge in [-0.1, -0.05) is 60.7 Å². The molecule has 0 saturated carbocycles. The standard InChI is InChI=1S/C16H14N2S2/c1-20-14-16(18-15(19)17-14,12-8-4-2-5-9-12)13-10-6-3-7-11-13/h2-11H,1H3,(H,18,19). The van der Waals surface area contributed by atoms with Gasteiger partial charge in [0.25, 0.3) is 0 Å². The number of hydrogen-bond acceptors (Lipinski definition) is 2. The van der Waals surface area contributed by atoms with E-state index in [1.165, 1.54) is 0 Å². The molecule has 1 N–H and O–H groups in total. The molecule has 100 valence electrons. The van der Waals surface area contributed by atoms with Crippen molar-refractivity contribution >= 4 is 34.1 Å². The van der Waals surface area contributed by atoms with Gasteiger partial charge in [0.2, 0.25) is 0 Å². The molecule has 4 heteroatoms. The van der Waals surface area contributed by atoms with E-state index in [-0.39, 0.29) is 0 Å². The van der Waals surface area contributed by atoms with Crippen molar-refractivity contribution in [2.45, 2.75) is 5.54 Å². The van der Waals surface area contributed by atoms with Crippen molar-refractivity contribution in [3.63, 3.8) is 0 Å². The summed E-state index contributed by atoms with van der Waals surface area (Å²) in [6, 6.07) is 20.7. The zero-order chi connectivity index (χ0) is 14.0. The first kappa shape index (κ1) is 13.3. The second-order valence-electron chi connectivity index (χ2n) is 4.53. The topological polar surface area (TPSA) is 24.4 Å². The van der Waals surface area contributed by atoms with E-state index in [1.54, 1.807) is 11.8 Å². The van der Waals surface area contributed by atoms with Crippen molar-refractivity contribution < 1.29 is 0 Å². The molecular weight excluding hydrogens is 284 g/mol. The highest BCUT2D eigenvalue weighted by Gasteiger charge is 2.43. The van der Waals surface area contributed by atoms with E-state index in [0.717, 1.165) is 16.2 Å². The van der Waals surface area contributed by atoms with Crippen LogP contribution in [0.2, 0.25) is 0 Å². The third-order valence-electron chi connectivity index (χ3n) is 3.43. The number of nitrogens with one attached hydrogen (secondary N) is 1. The lowest BCUT2D eigenvalue weighted by atomic mass is 9.84. The number of aliphatic imine (C=N–C) groups is 1. The van der Waals surface area contributed by atoms with E-state index in [1.807, 2.05) is 42.7 Å². The summed E-state index contributed by atoms with van der Waals surface area (Å²) in [5, 5.41) is 4.94. The predicted octanol–water partition coefficient (Wildman–Crippen LogP) is 3.58. The minimum Gasteiger partial charge on any atom is -0.342 e. The van der Waals surface area contributed by atoms with Gasteiger partial charge < -0.3 is 5.32 Å². The monoisotopic (exact) mass is 298 g/mol. The molecule has 2 aromatic carbocycles. The van der Waals surface area contributed by atoms with Crippen LogP contribution < -0.4 is 5.32 Å². The Balaban J connectivity index is 2.25. The van der Waals surface area contributed by atoms with Crippen LogP contribution in [0.1, 0.15) is 11.1 Å². The average molecular weight is 298 g/mol. The highest BCUT2D eigenvalue weighted by atomic mass is 32.2. The molecule has 1 heterocycles. The van der Waals surface area contributed by atoms with E-state index in [4.69, 9.17) is 12.2 Å². The smallest absolute Gasteiger partial charge is 0.194 e. The summed E-state index contributed by atoms with van der Waals surface area (Å²) < 4.78 is 0. The number of hydrogen-bond donors (Lipinski definition) is 1. The first-order chi connectivity index (χ1) is 9.77. The lowest BCUT2D eigenvalue weighted by Gasteiger charge is -2.31. The maximum absolute atomic E-state index is 5.30. The second kappa shape index (κ2) is 5.38. The third-order valence-corrected chi connectivity index (χ3v) is 4.40. The van der Waals surface area contributed by atoms with Crippen LogP contribution in [-0.4, -0.2) is 16.4 Å². The zero-order valence-electron chi connectivity index (χ0n) is 11.0. The van der Waals surface area contributed by atoms with Crippen molar-refractivity contribution in [1.29, 1.82) is 0 Å². The van der Waals surface area contributed by atoms with Crippen molar-refractivity contribution in [2.24, 2.45) is 4.99 Å². The normalized spacial score (nSPS) is 16.6. The van der Waals surface area contributed by atoms with Crippen LogP contribution in [0, 0.1) is 0 Å². The minimum atomic E-state index is -0.459. The molecule has 0 aliphatic carbocycles. The van der Waals surface area contributed by atoms with Crippen molar-refractivity contribution in [3.05, 3.63) is 71.8 Å². The minimum absolute atomic E-state index is 0.459. The highest BCUT2D eigenvalue weighted by molar-refractivity contribution is 8.13. The average Bonchev–Trinajstić information content (AvgIpc) is 2.87. The van der Waals surface area contributed by atoms with E-state index in [9.17, 15) is 0 Å². The van der Waals surface area contributed by atoms with Crippen LogP contribution in [0.4, 0.5) is 0 Å². The lowest BCUT2D eigenvalue weighted by Crippen LogP contribution is -2.45. The predicted molar refractivity (Wildman–Crippen MR) is 90.3 cm³/mol. The molecule has 0 bridgehead atoms. The molecule has 3 rings (SSSR count). The number of benzene rings is 2. The number of nitrogens with zero attached hydrogens (tertiary/aromatic N) is 1. The Kier molecular flexibility index (Phi) is 3.59. The molecule has 1 aliphatic heterocycles. The van der Waals surface area contributed by atoms with Gasteiger partial charge in [0.05, 0.1) is 0 Å².